The Morgan fingerprint density at radius 1 is 1.48 bits per heavy atom. The SMILES string of the molecule is CCOCCC(=O)NC1CCCN(c2ccccc2F)C1. The molecule has 1 saturated heterocycles. The van der Waals surface area contributed by atoms with E-state index in [1.54, 1.807) is 12.1 Å². The second kappa shape index (κ2) is 7.98. The van der Waals surface area contributed by atoms with E-state index in [0.29, 0.717) is 31.9 Å². The van der Waals surface area contributed by atoms with Crippen molar-refractivity contribution in [3.8, 4) is 0 Å². The molecule has 0 radical (unpaired) electrons. The van der Waals surface area contributed by atoms with Crippen LogP contribution in [0.3, 0.4) is 0 Å². The zero-order valence-corrected chi connectivity index (χ0v) is 12.5. The highest BCUT2D eigenvalue weighted by Gasteiger charge is 2.22. The molecule has 1 N–H and O–H groups in total. The molecule has 21 heavy (non-hydrogen) atoms. The third kappa shape index (κ3) is 4.70. The summed E-state index contributed by atoms with van der Waals surface area (Å²) >= 11 is 0. The topological polar surface area (TPSA) is 41.6 Å². The number of nitrogens with one attached hydrogen (secondary N) is 1. The molecule has 1 amide bonds. The van der Waals surface area contributed by atoms with Crippen LogP contribution in [0.2, 0.25) is 0 Å². The number of benzene rings is 1. The van der Waals surface area contributed by atoms with Crippen molar-refractivity contribution in [3.63, 3.8) is 0 Å². The Hall–Kier alpha value is -1.62. The summed E-state index contributed by atoms with van der Waals surface area (Å²) in [7, 11) is 0. The summed E-state index contributed by atoms with van der Waals surface area (Å²) in [5.41, 5.74) is 0.616. The number of hydrogen-bond acceptors (Lipinski definition) is 3. The van der Waals surface area contributed by atoms with Crippen LogP contribution in [-0.2, 0) is 9.53 Å². The predicted molar refractivity (Wildman–Crippen MR) is 80.9 cm³/mol. The first-order valence-electron chi connectivity index (χ1n) is 7.57. The van der Waals surface area contributed by atoms with Gasteiger partial charge < -0.3 is 15.0 Å². The van der Waals surface area contributed by atoms with Gasteiger partial charge in [0.15, 0.2) is 0 Å². The molecule has 1 fully saturated rings. The number of ether oxygens (including phenoxy) is 1. The molecule has 0 saturated carbocycles. The number of hydrogen-bond donors (Lipinski definition) is 1. The number of para-hydroxylation sites is 1. The first kappa shape index (κ1) is 15.8. The Balaban J connectivity index is 1.86. The summed E-state index contributed by atoms with van der Waals surface area (Å²) in [5, 5.41) is 3.01. The number of halogens is 1. The number of rotatable bonds is 6. The number of amides is 1. The van der Waals surface area contributed by atoms with Crippen LogP contribution in [-0.4, -0.2) is 38.3 Å². The van der Waals surface area contributed by atoms with E-state index in [9.17, 15) is 9.18 Å². The van der Waals surface area contributed by atoms with Gasteiger partial charge in [0.25, 0.3) is 0 Å². The van der Waals surface area contributed by atoms with Gasteiger partial charge in [0.05, 0.1) is 12.3 Å². The maximum atomic E-state index is 13.8. The Labute approximate surface area is 125 Å². The van der Waals surface area contributed by atoms with Crippen LogP contribution >= 0.6 is 0 Å². The molecule has 1 atom stereocenters. The third-order valence-electron chi connectivity index (χ3n) is 3.66. The summed E-state index contributed by atoms with van der Waals surface area (Å²) in [4.78, 5) is 13.8. The number of carbonyl (C=O) groups is 1. The minimum atomic E-state index is -0.208. The van der Waals surface area contributed by atoms with Gasteiger partial charge in [-0.1, -0.05) is 12.1 Å². The molecule has 4 nitrogen and oxygen atoms in total. The van der Waals surface area contributed by atoms with Crippen molar-refractivity contribution in [1.29, 1.82) is 0 Å². The number of carbonyl (C=O) groups excluding carboxylic acids is 1. The minimum absolute atomic E-state index is 0.00355. The molecule has 1 aromatic rings. The number of piperidine rings is 1. The predicted octanol–water partition coefficient (Wildman–Crippen LogP) is 2.34. The van der Waals surface area contributed by atoms with Gasteiger partial charge in [-0.05, 0) is 31.9 Å². The molecule has 5 heteroatoms. The van der Waals surface area contributed by atoms with E-state index in [2.05, 4.69) is 5.32 Å². The van der Waals surface area contributed by atoms with Gasteiger partial charge in [0.1, 0.15) is 5.82 Å². The van der Waals surface area contributed by atoms with Crippen LogP contribution in [0.4, 0.5) is 10.1 Å². The first-order valence-corrected chi connectivity index (χ1v) is 7.57. The first-order chi connectivity index (χ1) is 10.2. The Morgan fingerprint density at radius 3 is 3.05 bits per heavy atom. The fourth-order valence-electron chi connectivity index (χ4n) is 2.63. The van der Waals surface area contributed by atoms with Crippen molar-refractivity contribution in [3.05, 3.63) is 30.1 Å². The molecule has 0 aromatic heterocycles. The molecule has 2 rings (SSSR count). The van der Waals surface area contributed by atoms with Crippen LogP contribution in [0.1, 0.15) is 26.2 Å². The van der Waals surface area contributed by atoms with Crippen molar-refractivity contribution in [2.45, 2.75) is 32.2 Å². The average molecular weight is 294 g/mol. The molecule has 1 unspecified atom stereocenters. The molecule has 1 aliphatic heterocycles. The largest absolute Gasteiger partial charge is 0.381 e. The average Bonchev–Trinajstić information content (AvgIpc) is 2.48. The van der Waals surface area contributed by atoms with Gasteiger partial charge in [0, 0.05) is 32.2 Å². The summed E-state index contributed by atoms with van der Waals surface area (Å²) in [6.07, 6.45) is 2.26. The van der Waals surface area contributed by atoms with Crippen molar-refractivity contribution in [2.75, 3.05) is 31.2 Å². The highest BCUT2D eigenvalue weighted by molar-refractivity contribution is 5.76. The molecule has 0 aliphatic carbocycles. The van der Waals surface area contributed by atoms with E-state index in [4.69, 9.17) is 4.74 Å². The van der Waals surface area contributed by atoms with Gasteiger partial charge in [-0.2, -0.15) is 0 Å². The number of anilines is 1. The lowest BCUT2D eigenvalue weighted by Gasteiger charge is -2.35. The monoisotopic (exact) mass is 294 g/mol. The van der Waals surface area contributed by atoms with Gasteiger partial charge >= 0.3 is 0 Å². The standard InChI is InChI=1S/C16H23FN2O2/c1-2-21-11-9-16(20)18-13-6-5-10-19(12-13)15-8-4-3-7-14(15)17/h3-4,7-8,13H,2,5-6,9-12H2,1H3,(H,18,20). The summed E-state index contributed by atoms with van der Waals surface area (Å²) in [5.74, 6) is -0.204. The molecule has 1 aliphatic rings. The summed E-state index contributed by atoms with van der Waals surface area (Å²) in [6, 6.07) is 6.86. The van der Waals surface area contributed by atoms with Crippen molar-refractivity contribution >= 4 is 11.6 Å². The van der Waals surface area contributed by atoms with E-state index in [1.807, 2.05) is 17.9 Å². The number of nitrogens with zero attached hydrogens (tertiary/aromatic N) is 1. The molecule has 0 bridgehead atoms. The molecule has 0 spiro atoms. The second-order valence-electron chi connectivity index (χ2n) is 5.25. The van der Waals surface area contributed by atoms with Crippen molar-refractivity contribution in [2.24, 2.45) is 0 Å². The van der Waals surface area contributed by atoms with Crippen LogP contribution in [0.15, 0.2) is 24.3 Å². The maximum absolute atomic E-state index is 13.8. The zero-order chi connectivity index (χ0) is 15.1. The highest BCUT2D eigenvalue weighted by atomic mass is 19.1. The van der Waals surface area contributed by atoms with Crippen molar-refractivity contribution in [1.82, 2.24) is 5.32 Å². The van der Waals surface area contributed by atoms with Crippen molar-refractivity contribution < 1.29 is 13.9 Å². The molecular formula is C16H23FN2O2. The fourth-order valence-corrected chi connectivity index (χ4v) is 2.63. The molecule has 1 heterocycles. The highest BCUT2D eigenvalue weighted by Crippen LogP contribution is 2.22. The normalized spacial score (nSPS) is 18.6. The Morgan fingerprint density at radius 2 is 2.29 bits per heavy atom. The molecule has 1 aromatic carbocycles. The van der Waals surface area contributed by atoms with E-state index in [-0.39, 0.29) is 17.8 Å². The van der Waals surface area contributed by atoms with Gasteiger partial charge in [-0.3, -0.25) is 4.79 Å². The van der Waals surface area contributed by atoms with Crippen LogP contribution in [0, 0.1) is 5.82 Å². The lowest BCUT2D eigenvalue weighted by molar-refractivity contribution is -0.122. The van der Waals surface area contributed by atoms with E-state index in [1.165, 1.54) is 6.07 Å². The van der Waals surface area contributed by atoms with Crippen LogP contribution < -0.4 is 10.2 Å². The molecule has 116 valence electrons. The quantitative estimate of drug-likeness (QED) is 0.819. The van der Waals surface area contributed by atoms with Crippen LogP contribution in [0.25, 0.3) is 0 Å². The maximum Gasteiger partial charge on any atom is 0.222 e. The Bertz CT molecular complexity index is 467. The summed E-state index contributed by atoms with van der Waals surface area (Å²) < 4.78 is 19.0. The van der Waals surface area contributed by atoms with E-state index < -0.39 is 0 Å². The lowest BCUT2D eigenvalue weighted by atomic mass is 10.0. The zero-order valence-electron chi connectivity index (χ0n) is 12.5. The Kier molecular flexibility index (Phi) is 5.99. The minimum Gasteiger partial charge on any atom is -0.381 e. The molecular weight excluding hydrogens is 271 g/mol. The third-order valence-corrected chi connectivity index (χ3v) is 3.66. The van der Waals surface area contributed by atoms with E-state index >= 15 is 0 Å². The summed E-state index contributed by atoms with van der Waals surface area (Å²) in [6.45, 7) is 4.46. The van der Waals surface area contributed by atoms with Gasteiger partial charge in [0.2, 0.25) is 5.91 Å². The smallest absolute Gasteiger partial charge is 0.222 e. The van der Waals surface area contributed by atoms with Gasteiger partial charge in [-0.15, -0.1) is 0 Å². The van der Waals surface area contributed by atoms with Crippen LogP contribution in [0.5, 0.6) is 0 Å². The second-order valence-corrected chi connectivity index (χ2v) is 5.25. The lowest BCUT2D eigenvalue weighted by Crippen LogP contribution is -2.48. The van der Waals surface area contributed by atoms with E-state index in [0.717, 1.165) is 19.4 Å². The van der Waals surface area contributed by atoms with Gasteiger partial charge in [-0.25, -0.2) is 4.39 Å². The fraction of sp³-hybridized carbons (Fsp3) is 0.562.